The van der Waals surface area contributed by atoms with Crippen LogP contribution in [0.5, 0.6) is 0 Å². The molecule has 2 heterocycles. The van der Waals surface area contributed by atoms with Crippen molar-refractivity contribution in [1.82, 2.24) is 15.0 Å². The number of nitrogens with zero attached hydrogens (tertiary/aromatic N) is 3. The maximum atomic E-state index is 13.2. The van der Waals surface area contributed by atoms with E-state index in [1.807, 2.05) is 0 Å². The van der Waals surface area contributed by atoms with Crippen LogP contribution in [0.25, 0.3) is 11.4 Å². The van der Waals surface area contributed by atoms with Crippen LogP contribution in [0.1, 0.15) is 18.7 Å². The average Bonchev–Trinajstić information content (AvgIpc) is 3.20. The third-order valence-corrected chi connectivity index (χ3v) is 5.36. The Bertz CT molecular complexity index is 1030. The van der Waals surface area contributed by atoms with Crippen molar-refractivity contribution in [3.8, 4) is 11.4 Å². The van der Waals surface area contributed by atoms with Crippen LogP contribution in [0, 0.1) is 17.6 Å². The van der Waals surface area contributed by atoms with E-state index in [-0.39, 0.29) is 22.7 Å². The number of likely N-dealkylation sites (tertiary alicyclic amines) is 1. The van der Waals surface area contributed by atoms with Crippen LogP contribution >= 0.6 is 11.6 Å². The minimum absolute atomic E-state index is 0.0258. The summed E-state index contributed by atoms with van der Waals surface area (Å²) >= 11 is 5.76. The van der Waals surface area contributed by atoms with Crippen LogP contribution in [0.15, 0.2) is 47.0 Å². The van der Waals surface area contributed by atoms with Crippen LogP contribution in [0.4, 0.5) is 14.5 Å². The van der Waals surface area contributed by atoms with Crippen molar-refractivity contribution >= 4 is 23.2 Å². The fourth-order valence-corrected chi connectivity index (χ4v) is 3.58. The van der Waals surface area contributed by atoms with Crippen molar-refractivity contribution in [1.29, 1.82) is 0 Å². The number of anilines is 1. The predicted molar refractivity (Wildman–Crippen MR) is 108 cm³/mol. The largest absolute Gasteiger partial charge is 0.338 e. The Morgan fingerprint density at radius 3 is 2.60 bits per heavy atom. The van der Waals surface area contributed by atoms with E-state index in [0.717, 1.165) is 0 Å². The smallest absolute Gasteiger partial charge is 0.241 e. The minimum atomic E-state index is -0.522. The number of benzene rings is 2. The van der Waals surface area contributed by atoms with Crippen molar-refractivity contribution in [2.75, 3.05) is 18.4 Å². The summed E-state index contributed by atoms with van der Waals surface area (Å²) in [6.45, 7) is 1.89. The maximum absolute atomic E-state index is 13.2. The molecule has 3 aromatic rings. The number of carbonyl (C=O) groups is 1. The average molecular weight is 433 g/mol. The molecule has 0 atom stereocenters. The molecule has 0 unspecified atom stereocenters. The van der Waals surface area contributed by atoms with E-state index in [9.17, 15) is 13.6 Å². The Labute approximate surface area is 176 Å². The number of nitrogens with one attached hydrogen (secondary N) is 1. The zero-order valence-corrected chi connectivity index (χ0v) is 16.7. The lowest BCUT2D eigenvalue weighted by Crippen LogP contribution is -2.37. The molecular formula is C21H19ClF2N4O2. The summed E-state index contributed by atoms with van der Waals surface area (Å²) in [4.78, 5) is 19.0. The van der Waals surface area contributed by atoms with E-state index >= 15 is 0 Å². The topological polar surface area (TPSA) is 71.3 Å². The highest BCUT2D eigenvalue weighted by atomic mass is 35.5. The zero-order chi connectivity index (χ0) is 21.1. The van der Waals surface area contributed by atoms with Gasteiger partial charge in [0.1, 0.15) is 11.6 Å². The fourth-order valence-electron chi connectivity index (χ4n) is 3.40. The summed E-state index contributed by atoms with van der Waals surface area (Å²) in [5.41, 5.74) is 1.16. The fraction of sp³-hybridized carbons (Fsp3) is 0.286. The number of carbonyl (C=O) groups excluding carboxylic acids is 1. The molecule has 9 heteroatoms. The van der Waals surface area contributed by atoms with Crippen molar-refractivity contribution in [3.05, 3.63) is 65.0 Å². The van der Waals surface area contributed by atoms with Crippen LogP contribution in [-0.4, -0.2) is 34.0 Å². The van der Waals surface area contributed by atoms with Gasteiger partial charge in [-0.2, -0.15) is 4.98 Å². The van der Waals surface area contributed by atoms with Crippen LogP contribution in [-0.2, 0) is 11.3 Å². The lowest BCUT2D eigenvalue weighted by Gasteiger charge is -2.30. The first-order valence-corrected chi connectivity index (χ1v) is 9.92. The first-order chi connectivity index (χ1) is 14.5. The van der Waals surface area contributed by atoms with Crippen molar-refractivity contribution < 1.29 is 18.1 Å². The summed E-state index contributed by atoms with van der Waals surface area (Å²) in [6, 6.07) is 10.0. The number of halogens is 3. The molecule has 2 aromatic carbocycles. The van der Waals surface area contributed by atoms with Gasteiger partial charge in [0.2, 0.25) is 17.6 Å². The van der Waals surface area contributed by atoms with Crippen LogP contribution in [0.2, 0.25) is 5.02 Å². The normalized spacial score (nSPS) is 15.3. The summed E-state index contributed by atoms with van der Waals surface area (Å²) in [5, 5.41) is 6.72. The Morgan fingerprint density at radius 1 is 1.17 bits per heavy atom. The van der Waals surface area contributed by atoms with E-state index in [1.165, 1.54) is 30.3 Å². The van der Waals surface area contributed by atoms with E-state index in [1.54, 1.807) is 12.1 Å². The minimum Gasteiger partial charge on any atom is -0.338 e. The van der Waals surface area contributed by atoms with Crippen LogP contribution in [0.3, 0.4) is 0 Å². The number of amides is 1. The van der Waals surface area contributed by atoms with E-state index in [2.05, 4.69) is 20.4 Å². The molecule has 0 radical (unpaired) electrons. The van der Waals surface area contributed by atoms with Gasteiger partial charge in [0.25, 0.3) is 0 Å². The third kappa shape index (κ3) is 4.83. The second kappa shape index (κ2) is 8.89. The molecule has 1 fully saturated rings. The first kappa shape index (κ1) is 20.4. The van der Waals surface area contributed by atoms with Gasteiger partial charge in [0, 0.05) is 17.2 Å². The molecule has 1 aromatic heterocycles. The van der Waals surface area contributed by atoms with E-state index in [0.29, 0.717) is 55.4 Å². The maximum Gasteiger partial charge on any atom is 0.241 e. The predicted octanol–water partition coefficient (Wildman–Crippen LogP) is 4.52. The third-order valence-electron chi connectivity index (χ3n) is 5.07. The lowest BCUT2D eigenvalue weighted by molar-refractivity contribution is -0.121. The molecule has 0 bridgehead atoms. The van der Waals surface area contributed by atoms with Gasteiger partial charge in [-0.1, -0.05) is 16.8 Å². The number of aromatic nitrogens is 2. The second-order valence-electron chi connectivity index (χ2n) is 7.19. The molecular weight excluding hydrogens is 414 g/mol. The molecule has 0 saturated carbocycles. The van der Waals surface area contributed by atoms with E-state index < -0.39 is 5.82 Å². The highest BCUT2D eigenvalue weighted by molar-refractivity contribution is 6.31. The number of hydrogen-bond acceptors (Lipinski definition) is 5. The Balaban J connectivity index is 1.29. The molecule has 1 saturated heterocycles. The summed E-state index contributed by atoms with van der Waals surface area (Å²) < 4.78 is 31.6. The zero-order valence-electron chi connectivity index (χ0n) is 15.9. The number of hydrogen-bond donors (Lipinski definition) is 1. The van der Waals surface area contributed by atoms with Gasteiger partial charge in [-0.3, -0.25) is 9.69 Å². The van der Waals surface area contributed by atoms with Crippen molar-refractivity contribution in [2.24, 2.45) is 5.92 Å². The molecule has 0 spiro atoms. The highest BCUT2D eigenvalue weighted by Gasteiger charge is 2.26. The van der Waals surface area contributed by atoms with Gasteiger partial charge in [0.15, 0.2) is 0 Å². The summed E-state index contributed by atoms with van der Waals surface area (Å²) in [5.74, 6) is -0.199. The van der Waals surface area contributed by atoms with Crippen molar-refractivity contribution in [2.45, 2.75) is 19.4 Å². The van der Waals surface area contributed by atoms with Gasteiger partial charge in [-0.05, 0) is 68.4 Å². The first-order valence-electron chi connectivity index (χ1n) is 9.55. The Morgan fingerprint density at radius 2 is 1.90 bits per heavy atom. The van der Waals surface area contributed by atoms with Gasteiger partial charge < -0.3 is 9.84 Å². The van der Waals surface area contributed by atoms with Gasteiger partial charge >= 0.3 is 0 Å². The SMILES string of the molecule is O=C(Nc1ccc(F)c(Cl)c1)C1CCN(Cc2nc(-c3ccc(F)cc3)no2)CC1. The summed E-state index contributed by atoms with van der Waals surface area (Å²) in [7, 11) is 0. The van der Waals surface area contributed by atoms with Crippen molar-refractivity contribution in [3.63, 3.8) is 0 Å². The summed E-state index contributed by atoms with van der Waals surface area (Å²) in [6.07, 6.45) is 1.36. The highest BCUT2D eigenvalue weighted by Crippen LogP contribution is 2.24. The quantitative estimate of drug-likeness (QED) is 0.642. The molecule has 4 rings (SSSR count). The molecule has 1 N–H and O–H groups in total. The molecule has 1 aliphatic heterocycles. The molecule has 30 heavy (non-hydrogen) atoms. The molecule has 0 aliphatic carbocycles. The van der Waals surface area contributed by atoms with Crippen LogP contribution < -0.4 is 5.32 Å². The van der Waals surface area contributed by atoms with Gasteiger partial charge in [-0.25, -0.2) is 8.78 Å². The molecule has 1 amide bonds. The second-order valence-corrected chi connectivity index (χ2v) is 7.59. The number of rotatable bonds is 5. The standard InChI is InChI=1S/C21H19ClF2N4O2/c22-17-11-16(5-6-18(17)24)25-21(29)14-7-9-28(10-8-14)12-19-26-20(27-30-19)13-1-3-15(23)4-2-13/h1-6,11,14H,7-10,12H2,(H,25,29). The van der Waals surface area contributed by atoms with E-state index in [4.69, 9.17) is 16.1 Å². The monoisotopic (exact) mass is 432 g/mol. The molecule has 156 valence electrons. The molecule has 1 aliphatic rings. The van der Waals surface area contributed by atoms with Gasteiger partial charge in [0.05, 0.1) is 11.6 Å². The number of piperidine rings is 1. The Kier molecular flexibility index (Phi) is 6.06. The lowest BCUT2D eigenvalue weighted by atomic mass is 9.96. The Hall–Kier alpha value is -2.84. The molecule has 6 nitrogen and oxygen atoms in total. The van der Waals surface area contributed by atoms with Gasteiger partial charge in [-0.15, -0.1) is 0 Å².